The van der Waals surface area contributed by atoms with Crippen LogP contribution in [-0.4, -0.2) is 31.6 Å². The van der Waals surface area contributed by atoms with Crippen LogP contribution in [0.3, 0.4) is 0 Å². The molecule has 0 heterocycles. The fourth-order valence-electron chi connectivity index (χ4n) is 0.728. The van der Waals surface area contributed by atoms with Crippen molar-refractivity contribution in [1.29, 1.82) is 0 Å². The quantitative estimate of drug-likeness (QED) is 0.572. The second-order valence-electron chi connectivity index (χ2n) is 2.98. The van der Waals surface area contributed by atoms with Gasteiger partial charge in [0.05, 0.1) is 0 Å². The highest BCUT2D eigenvalue weighted by molar-refractivity contribution is 5.77. The molecule has 76 valence electrons. The van der Waals surface area contributed by atoms with Gasteiger partial charge >= 0.3 is 6.03 Å². The highest BCUT2D eigenvalue weighted by Gasteiger charge is 2.02. The van der Waals surface area contributed by atoms with Crippen LogP contribution in [-0.2, 0) is 4.79 Å². The largest absolute Gasteiger partial charge is 0.359 e. The lowest BCUT2D eigenvalue weighted by molar-refractivity contribution is -0.120. The Morgan fingerprint density at radius 2 is 1.92 bits per heavy atom. The summed E-state index contributed by atoms with van der Waals surface area (Å²) in [6, 6.07) is -0.126. The third-order valence-electron chi connectivity index (χ3n) is 1.34. The van der Waals surface area contributed by atoms with E-state index in [9.17, 15) is 9.59 Å². The van der Waals surface area contributed by atoms with E-state index in [0.29, 0.717) is 13.0 Å². The lowest BCUT2D eigenvalue weighted by Crippen LogP contribution is -2.40. The minimum atomic E-state index is -0.237. The maximum atomic E-state index is 11.0. The molecule has 0 aromatic carbocycles. The molecule has 3 amide bonds. The van der Waals surface area contributed by atoms with Crippen LogP contribution in [0.1, 0.15) is 20.3 Å². The van der Waals surface area contributed by atoms with E-state index >= 15 is 0 Å². The standard InChI is InChI=1S/C8H17N3O2/c1-6(2)11-8(13)10-5-4-7(12)9-3/h6H,4-5H2,1-3H3,(H,9,12)(H2,10,11,13). The van der Waals surface area contributed by atoms with Crippen LogP contribution in [0, 0.1) is 0 Å². The van der Waals surface area contributed by atoms with Crippen molar-refractivity contribution < 1.29 is 9.59 Å². The van der Waals surface area contributed by atoms with E-state index in [1.165, 1.54) is 0 Å². The molecule has 0 spiro atoms. The second kappa shape index (κ2) is 6.28. The molecule has 0 aliphatic carbocycles. The Hall–Kier alpha value is -1.26. The minimum absolute atomic E-state index is 0.0788. The third kappa shape index (κ3) is 7.11. The average molecular weight is 187 g/mol. The summed E-state index contributed by atoms with van der Waals surface area (Å²) >= 11 is 0. The van der Waals surface area contributed by atoms with Crippen LogP contribution in [0.5, 0.6) is 0 Å². The molecule has 5 heteroatoms. The predicted octanol–water partition coefficient (Wildman–Crippen LogP) is -0.170. The zero-order chi connectivity index (χ0) is 10.3. The number of nitrogens with one attached hydrogen (secondary N) is 3. The number of hydrogen-bond acceptors (Lipinski definition) is 2. The van der Waals surface area contributed by atoms with Crippen LogP contribution in [0.15, 0.2) is 0 Å². The van der Waals surface area contributed by atoms with E-state index in [2.05, 4.69) is 16.0 Å². The molecular formula is C8H17N3O2. The SMILES string of the molecule is CNC(=O)CCNC(=O)NC(C)C. The summed E-state index contributed by atoms with van der Waals surface area (Å²) in [5.41, 5.74) is 0. The first-order valence-electron chi connectivity index (χ1n) is 4.31. The molecule has 0 bridgehead atoms. The van der Waals surface area contributed by atoms with Gasteiger partial charge in [-0.2, -0.15) is 0 Å². The molecule has 0 saturated heterocycles. The molecule has 0 aliphatic rings. The molecule has 0 aliphatic heterocycles. The molecule has 0 aromatic heterocycles. The number of carbonyl (C=O) groups excluding carboxylic acids is 2. The van der Waals surface area contributed by atoms with Gasteiger partial charge in [-0.05, 0) is 13.8 Å². The Morgan fingerprint density at radius 1 is 1.31 bits per heavy atom. The van der Waals surface area contributed by atoms with Gasteiger partial charge in [-0.3, -0.25) is 4.79 Å². The van der Waals surface area contributed by atoms with Gasteiger partial charge in [-0.1, -0.05) is 0 Å². The molecule has 0 unspecified atom stereocenters. The zero-order valence-corrected chi connectivity index (χ0v) is 8.31. The van der Waals surface area contributed by atoms with Gasteiger partial charge in [-0.25, -0.2) is 4.79 Å². The van der Waals surface area contributed by atoms with Gasteiger partial charge in [0.2, 0.25) is 5.91 Å². The van der Waals surface area contributed by atoms with Crippen molar-refractivity contribution in [2.45, 2.75) is 26.3 Å². The zero-order valence-electron chi connectivity index (χ0n) is 8.31. The van der Waals surface area contributed by atoms with Crippen molar-refractivity contribution >= 4 is 11.9 Å². The maximum Gasteiger partial charge on any atom is 0.315 e. The Bertz CT molecular complexity index is 180. The van der Waals surface area contributed by atoms with E-state index in [1.807, 2.05) is 13.8 Å². The van der Waals surface area contributed by atoms with Crippen molar-refractivity contribution in [2.24, 2.45) is 0 Å². The first-order valence-corrected chi connectivity index (χ1v) is 4.31. The minimum Gasteiger partial charge on any atom is -0.359 e. The lowest BCUT2D eigenvalue weighted by Gasteiger charge is -2.09. The van der Waals surface area contributed by atoms with Gasteiger partial charge in [0, 0.05) is 26.1 Å². The molecule has 0 fully saturated rings. The molecule has 0 saturated carbocycles. The van der Waals surface area contributed by atoms with Gasteiger partial charge in [0.1, 0.15) is 0 Å². The summed E-state index contributed by atoms with van der Waals surface area (Å²) in [6.45, 7) is 4.11. The van der Waals surface area contributed by atoms with E-state index in [1.54, 1.807) is 7.05 Å². The monoisotopic (exact) mass is 187 g/mol. The van der Waals surface area contributed by atoms with Crippen LogP contribution in [0.2, 0.25) is 0 Å². The van der Waals surface area contributed by atoms with E-state index in [4.69, 9.17) is 0 Å². The molecule has 0 radical (unpaired) electrons. The first kappa shape index (κ1) is 11.7. The van der Waals surface area contributed by atoms with Crippen LogP contribution in [0.25, 0.3) is 0 Å². The summed E-state index contributed by atoms with van der Waals surface area (Å²) < 4.78 is 0. The van der Waals surface area contributed by atoms with Gasteiger partial charge in [0.25, 0.3) is 0 Å². The van der Waals surface area contributed by atoms with Gasteiger partial charge in [-0.15, -0.1) is 0 Å². The van der Waals surface area contributed by atoms with Crippen molar-refractivity contribution in [3.05, 3.63) is 0 Å². The molecule has 0 aromatic rings. The summed E-state index contributed by atoms with van der Waals surface area (Å²) in [5.74, 6) is -0.0788. The highest BCUT2D eigenvalue weighted by atomic mass is 16.2. The topological polar surface area (TPSA) is 70.2 Å². The number of rotatable bonds is 4. The van der Waals surface area contributed by atoms with E-state index in [0.717, 1.165) is 0 Å². The molecule has 3 N–H and O–H groups in total. The van der Waals surface area contributed by atoms with Crippen molar-refractivity contribution in [3.63, 3.8) is 0 Å². The second-order valence-corrected chi connectivity index (χ2v) is 2.98. The van der Waals surface area contributed by atoms with Gasteiger partial charge in [0.15, 0.2) is 0 Å². The Labute approximate surface area is 78.3 Å². The number of amides is 3. The molecular weight excluding hydrogens is 170 g/mol. The van der Waals surface area contributed by atoms with Crippen LogP contribution in [0.4, 0.5) is 4.79 Å². The number of hydrogen-bond donors (Lipinski definition) is 3. The Morgan fingerprint density at radius 3 is 2.38 bits per heavy atom. The van der Waals surface area contributed by atoms with E-state index < -0.39 is 0 Å². The molecule has 5 nitrogen and oxygen atoms in total. The molecule has 0 atom stereocenters. The fourth-order valence-corrected chi connectivity index (χ4v) is 0.728. The lowest BCUT2D eigenvalue weighted by atomic mass is 10.4. The van der Waals surface area contributed by atoms with Crippen molar-refractivity contribution in [2.75, 3.05) is 13.6 Å². The van der Waals surface area contributed by atoms with Crippen molar-refractivity contribution in [3.8, 4) is 0 Å². The van der Waals surface area contributed by atoms with Crippen molar-refractivity contribution in [1.82, 2.24) is 16.0 Å². The molecule has 0 rings (SSSR count). The van der Waals surface area contributed by atoms with E-state index in [-0.39, 0.29) is 18.0 Å². The predicted molar refractivity (Wildman–Crippen MR) is 50.4 cm³/mol. The Kier molecular flexibility index (Phi) is 5.67. The van der Waals surface area contributed by atoms with Gasteiger partial charge < -0.3 is 16.0 Å². The smallest absolute Gasteiger partial charge is 0.315 e. The molecule has 13 heavy (non-hydrogen) atoms. The first-order chi connectivity index (χ1) is 6.06. The summed E-state index contributed by atoms with van der Waals surface area (Å²) in [4.78, 5) is 21.7. The Balaban J connectivity index is 3.42. The number of urea groups is 1. The van der Waals surface area contributed by atoms with Crippen LogP contribution < -0.4 is 16.0 Å². The normalized spacial score (nSPS) is 9.54. The summed E-state index contributed by atoms with van der Waals surface area (Å²) in [7, 11) is 1.57. The maximum absolute atomic E-state index is 11.0. The number of carbonyl (C=O) groups is 2. The summed E-state index contributed by atoms with van der Waals surface area (Å²) in [5, 5.41) is 7.69. The summed E-state index contributed by atoms with van der Waals surface area (Å²) in [6.07, 6.45) is 0.308. The van der Waals surface area contributed by atoms with Crippen LogP contribution >= 0.6 is 0 Å². The highest BCUT2D eigenvalue weighted by Crippen LogP contribution is 1.78. The third-order valence-corrected chi connectivity index (χ3v) is 1.34. The average Bonchev–Trinajstić information content (AvgIpc) is 2.02. The fraction of sp³-hybridized carbons (Fsp3) is 0.750.